The van der Waals surface area contributed by atoms with Crippen molar-refractivity contribution in [2.24, 2.45) is 0 Å². The van der Waals surface area contributed by atoms with Crippen LogP contribution < -0.4 is 5.32 Å². The van der Waals surface area contributed by atoms with Gasteiger partial charge in [-0.1, -0.05) is 13.3 Å². The number of hydrogen-bond acceptors (Lipinski definition) is 2. The van der Waals surface area contributed by atoms with Crippen molar-refractivity contribution in [3.05, 3.63) is 0 Å². The summed E-state index contributed by atoms with van der Waals surface area (Å²) < 4.78 is 24.8. The smallest absolute Gasteiger partial charge is 0.251 e. The number of alkyl halides is 2. The molecule has 0 aromatic heterocycles. The van der Waals surface area contributed by atoms with Crippen molar-refractivity contribution in [3.63, 3.8) is 0 Å². The van der Waals surface area contributed by atoms with Crippen LogP contribution in [-0.2, 0) is 0 Å². The average molecular weight is 220 g/mol. The Morgan fingerprint density at radius 3 is 2.80 bits per heavy atom. The second-order valence-electron chi connectivity index (χ2n) is 4.42. The minimum atomic E-state index is -2.21. The molecule has 2 nitrogen and oxygen atoms in total. The molecule has 1 rings (SSSR count). The summed E-state index contributed by atoms with van der Waals surface area (Å²) in [6.45, 7) is 5.81. The van der Waals surface area contributed by atoms with E-state index in [0.717, 1.165) is 32.4 Å². The molecule has 1 heterocycles. The molecule has 0 amide bonds. The first kappa shape index (κ1) is 12.8. The van der Waals surface area contributed by atoms with Crippen LogP contribution in [-0.4, -0.2) is 43.0 Å². The maximum Gasteiger partial charge on any atom is 0.251 e. The molecule has 0 spiro atoms. The first-order chi connectivity index (χ1) is 7.13. The third kappa shape index (κ3) is 4.43. The van der Waals surface area contributed by atoms with Crippen molar-refractivity contribution in [1.29, 1.82) is 0 Å². The summed E-state index contributed by atoms with van der Waals surface area (Å²) in [6, 6.07) is 0.659. The Bertz CT molecular complexity index is 176. The molecule has 1 N–H and O–H groups in total. The fraction of sp³-hybridized carbons (Fsp3) is 1.00. The van der Waals surface area contributed by atoms with Crippen LogP contribution in [0, 0.1) is 0 Å². The van der Waals surface area contributed by atoms with Gasteiger partial charge in [0.25, 0.3) is 6.43 Å². The Kier molecular flexibility index (Phi) is 5.47. The lowest BCUT2D eigenvalue weighted by Crippen LogP contribution is -2.42. The normalized spacial score (nSPS) is 29.4. The summed E-state index contributed by atoms with van der Waals surface area (Å²) in [7, 11) is 0. The molecule has 1 aliphatic rings. The molecule has 0 saturated carbocycles. The maximum absolute atomic E-state index is 12.4. The van der Waals surface area contributed by atoms with Gasteiger partial charge in [0.2, 0.25) is 0 Å². The molecule has 0 aromatic rings. The van der Waals surface area contributed by atoms with Crippen molar-refractivity contribution >= 4 is 0 Å². The monoisotopic (exact) mass is 220 g/mol. The summed E-state index contributed by atoms with van der Waals surface area (Å²) in [5, 5.41) is 3.43. The number of rotatable bonds is 4. The first-order valence-corrected chi connectivity index (χ1v) is 5.89. The topological polar surface area (TPSA) is 15.3 Å². The van der Waals surface area contributed by atoms with Crippen molar-refractivity contribution in [1.82, 2.24) is 10.2 Å². The van der Waals surface area contributed by atoms with Gasteiger partial charge in [-0.25, -0.2) is 8.78 Å². The summed E-state index contributed by atoms with van der Waals surface area (Å²) in [4.78, 5) is 1.92. The van der Waals surface area contributed by atoms with E-state index < -0.39 is 6.43 Å². The number of halogens is 2. The molecule has 2 unspecified atom stereocenters. The lowest BCUT2D eigenvalue weighted by atomic mass is 10.1. The van der Waals surface area contributed by atoms with Gasteiger partial charge in [-0.15, -0.1) is 0 Å². The van der Waals surface area contributed by atoms with Crippen LogP contribution >= 0.6 is 0 Å². The van der Waals surface area contributed by atoms with E-state index in [0.29, 0.717) is 6.04 Å². The van der Waals surface area contributed by atoms with E-state index in [9.17, 15) is 8.78 Å². The van der Waals surface area contributed by atoms with Crippen LogP contribution in [0.25, 0.3) is 0 Å². The maximum atomic E-state index is 12.4. The lowest BCUT2D eigenvalue weighted by Gasteiger charge is -2.28. The summed E-state index contributed by atoms with van der Waals surface area (Å²) in [5.74, 6) is 0. The highest BCUT2D eigenvalue weighted by molar-refractivity contribution is 4.81. The van der Waals surface area contributed by atoms with Crippen LogP contribution in [0.5, 0.6) is 0 Å². The zero-order valence-electron chi connectivity index (χ0n) is 9.68. The van der Waals surface area contributed by atoms with E-state index in [4.69, 9.17) is 0 Å². The highest BCUT2D eigenvalue weighted by Gasteiger charge is 2.24. The van der Waals surface area contributed by atoms with Gasteiger partial charge in [0.05, 0.1) is 6.54 Å². The molecule has 4 heteroatoms. The predicted octanol–water partition coefficient (Wildman–Crippen LogP) is 2.10. The van der Waals surface area contributed by atoms with E-state index in [1.54, 1.807) is 0 Å². The SMILES string of the molecule is CCCC1CN(CC(F)F)C(C)CCN1. The quantitative estimate of drug-likeness (QED) is 0.780. The van der Waals surface area contributed by atoms with Gasteiger partial charge in [0.15, 0.2) is 0 Å². The Balaban J connectivity index is 2.48. The van der Waals surface area contributed by atoms with Crippen LogP contribution in [0.2, 0.25) is 0 Å². The molecular weight excluding hydrogens is 198 g/mol. The van der Waals surface area contributed by atoms with Gasteiger partial charge in [0.1, 0.15) is 0 Å². The molecule has 0 radical (unpaired) electrons. The fourth-order valence-corrected chi connectivity index (χ4v) is 2.18. The summed E-state index contributed by atoms with van der Waals surface area (Å²) in [6.07, 6.45) is 0.932. The molecule has 1 fully saturated rings. The van der Waals surface area contributed by atoms with E-state index in [-0.39, 0.29) is 12.6 Å². The molecule has 0 bridgehead atoms. The number of hydrogen-bond donors (Lipinski definition) is 1. The van der Waals surface area contributed by atoms with Gasteiger partial charge in [0, 0.05) is 18.6 Å². The zero-order valence-corrected chi connectivity index (χ0v) is 9.68. The van der Waals surface area contributed by atoms with Gasteiger partial charge >= 0.3 is 0 Å². The van der Waals surface area contributed by atoms with Crippen LogP contribution in [0.3, 0.4) is 0 Å². The molecule has 0 aromatic carbocycles. The van der Waals surface area contributed by atoms with Gasteiger partial charge in [-0.2, -0.15) is 0 Å². The molecular formula is C11H22F2N2. The Morgan fingerprint density at radius 2 is 2.20 bits per heavy atom. The van der Waals surface area contributed by atoms with Gasteiger partial charge in [-0.3, -0.25) is 4.90 Å². The van der Waals surface area contributed by atoms with E-state index in [2.05, 4.69) is 12.2 Å². The van der Waals surface area contributed by atoms with Gasteiger partial charge in [-0.05, 0) is 26.3 Å². The highest BCUT2D eigenvalue weighted by atomic mass is 19.3. The molecule has 90 valence electrons. The third-order valence-corrected chi connectivity index (χ3v) is 3.08. The van der Waals surface area contributed by atoms with Crippen molar-refractivity contribution in [3.8, 4) is 0 Å². The van der Waals surface area contributed by atoms with Crippen LogP contribution in [0.4, 0.5) is 8.78 Å². The van der Waals surface area contributed by atoms with Crippen LogP contribution in [0.1, 0.15) is 33.1 Å². The van der Waals surface area contributed by atoms with E-state index in [1.807, 2.05) is 11.8 Å². The Hall–Kier alpha value is -0.220. The molecule has 1 saturated heterocycles. The molecule has 15 heavy (non-hydrogen) atoms. The standard InChI is InChI=1S/C11H22F2N2/c1-3-4-10-7-15(8-11(12)13)9(2)5-6-14-10/h9-11,14H,3-8H2,1-2H3. The van der Waals surface area contributed by atoms with E-state index >= 15 is 0 Å². The van der Waals surface area contributed by atoms with Gasteiger partial charge < -0.3 is 5.32 Å². The molecule has 1 aliphatic heterocycles. The largest absolute Gasteiger partial charge is 0.313 e. The third-order valence-electron chi connectivity index (χ3n) is 3.08. The van der Waals surface area contributed by atoms with Crippen molar-refractivity contribution < 1.29 is 8.78 Å². The van der Waals surface area contributed by atoms with E-state index in [1.165, 1.54) is 0 Å². The second-order valence-corrected chi connectivity index (χ2v) is 4.42. The predicted molar refractivity (Wildman–Crippen MR) is 58.4 cm³/mol. The zero-order chi connectivity index (χ0) is 11.3. The summed E-state index contributed by atoms with van der Waals surface area (Å²) in [5.41, 5.74) is 0. The average Bonchev–Trinajstić information content (AvgIpc) is 2.30. The second kappa shape index (κ2) is 6.38. The number of nitrogens with one attached hydrogen (secondary N) is 1. The van der Waals surface area contributed by atoms with Crippen molar-refractivity contribution in [2.45, 2.75) is 51.6 Å². The minimum Gasteiger partial charge on any atom is -0.313 e. The van der Waals surface area contributed by atoms with Crippen LogP contribution in [0.15, 0.2) is 0 Å². The van der Waals surface area contributed by atoms with Crippen molar-refractivity contribution in [2.75, 3.05) is 19.6 Å². The fourth-order valence-electron chi connectivity index (χ4n) is 2.18. The Morgan fingerprint density at radius 1 is 1.47 bits per heavy atom. The Labute approximate surface area is 91.0 Å². The first-order valence-electron chi connectivity index (χ1n) is 5.89. The number of nitrogens with zero attached hydrogens (tertiary/aromatic N) is 1. The lowest BCUT2D eigenvalue weighted by molar-refractivity contribution is 0.0680. The minimum absolute atomic E-state index is 0.0803. The molecule has 2 atom stereocenters. The summed E-state index contributed by atoms with van der Waals surface area (Å²) >= 11 is 0. The molecule has 0 aliphatic carbocycles. The highest BCUT2D eigenvalue weighted by Crippen LogP contribution is 2.13.